The minimum atomic E-state index is -0.718. The summed E-state index contributed by atoms with van der Waals surface area (Å²) in [5, 5.41) is 13.3. The number of ether oxygens (including phenoxy) is 1. The van der Waals surface area contributed by atoms with E-state index in [0.717, 1.165) is 38.5 Å². The van der Waals surface area contributed by atoms with Gasteiger partial charge in [-0.15, -0.1) is 0 Å². The Morgan fingerprint density at radius 3 is 2.56 bits per heavy atom. The number of aliphatic hydroxyl groups is 1. The Bertz CT molecular complexity index is 298. The fraction of sp³-hybridized carbons (Fsp3) is 0.929. The molecule has 1 heterocycles. The van der Waals surface area contributed by atoms with Gasteiger partial charge in [0.15, 0.2) is 0 Å². The van der Waals surface area contributed by atoms with Gasteiger partial charge < -0.3 is 15.2 Å². The molecule has 0 aromatic rings. The fourth-order valence-electron chi connectivity index (χ4n) is 2.72. The zero-order chi connectivity index (χ0) is 13.2. The predicted octanol–water partition coefficient (Wildman–Crippen LogP) is 1.61. The van der Waals surface area contributed by atoms with Crippen LogP contribution in [0, 0.1) is 5.41 Å². The second kappa shape index (κ2) is 5.17. The average Bonchev–Trinajstić information content (AvgIpc) is 2.85. The molecule has 0 spiro atoms. The maximum absolute atomic E-state index is 11.8. The van der Waals surface area contributed by atoms with Crippen LogP contribution in [0.2, 0.25) is 0 Å². The van der Waals surface area contributed by atoms with Crippen LogP contribution in [0.15, 0.2) is 0 Å². The number of hydrogen-bond donors (Lipinski definition) is 2. The molecule has 1 saturated heterocycles. The van der Waals surface area contributed by atoms with Gasteiger partial charge in [-0.2, -0.15) is 0 Å². The van der Waals surface area contributed by atoms with E-state index in [0.29, 0.717) is 18.6 Å². The number of amides is 1. The highest BCUT2D eigenvalue weighted by atomic mass is 16.5. The van der Waals surface area contributed by atoms with Crippen LogP contribution in [0.4, 0.5) is 0 Å². The number of carbonyl (C=O) groups is 1. The van der Waals surface area contributed by atoms with Gasteiger partial charge >= 0.3 is 0 Å². The third kappa shape index (κ3) is 3.45. The molecular weight excluding hydrogens is 230 g/mol. The monoisotopic (exact) mass is 255 g/mol. The van der Waals surface area contributed by atoms with E-state index in [4.69, 9.17) is 4.74 Å². The molecule has 1 amide bonds. The summed E-state index contributed by atoms with van der Waals surface area (Å²) in [6.45, 7) is 5.51. The van der Waals surface area contributed by atoms with E-state index in [9.17, 15) is 9.90 Å². The molecule has 0 aromatic carbocycles. The Morgan fingerprint density at radius 1 is 1.33 bits per heavy atom. The predicted molar refractivity (Wildman–Crippen MR) is 69.2 cm³/mol. The van der Waals surface area contributed by atoms with Crippen LogP contribution in [0.25, 0.3) is 0 Å². The molecule has 104 valence electrons. The molecule has 2 rings (SSSR count). The Morgan fingerprint density at radius 2 is 2.00 bits per heavy atom. The SMILES string of the molecule is CC1(C)CCC(O)(CNC(=O)[C@H]2CCCO2)CC1. The summed E-state index contributed by atoms with van der Waals surface area (Å²) < 4.78 is 5.33. The van der Waals surface area contributed by atoms with Crippen molar-refractivity contribution in [2.24, 2.45) is 5.41 Å². The Balaban J connectivity index is 1.77. The molecule has 1 saturated carbocycles. The molecule has 1 aliphatic heterocycles. The molecule has 2 aliphatic rings. The Kier molecular flexibility index (Phi) is 3.97. The van der Waals surface area contributed by atoms with Gasteiger partial charge in [0.05, 0.1) is 5.60 Å². The van der Waals surface area contributed by atoms with Gasteiger partial charge in [-0.3, -0.25) is 4.79 Å². The second-order valence-electron chi connectivity index (χ2n) is 6.61. The van der Waals surface area contributed by atoms with Crippen molar-refractivity contribution in [2.75, 3.05) is 13.2 Å². The number of carbonyl (C=O) groups excluding carboxylic acids is 1. The smallest absolute Gasteiger partial charge is 0.249 e. The van der Waals surface area contributed by atoms with Gasteiger partial charge in [-0.1, -0.05) is 13.8 Å². The molecule has 0 radical (unpaired) electrons. The lowest BCUT2D eigenvalue weighted by atomic mass is 9.71. The average molecular weight is 255 g/mol. The molecule has 2 N–H and O–H groups in total. The maximum atomic E-state index is 11.8. The largest absolute Gasteiger partial charge is 0.388 e. The first-order valence-electron chi connectivity index (χ1n) is 7.02. The Hall–Kier alpha value is -0.610. The van der Waals surface area contributed by atoms with E-state index in [1.54, 1.807) is 0 Å². The number of rotatable bonds is 3. The van der Waals surface area contributed by atoms with Gasteiger partial charge in [0, 0.05) is 13.2 Å². The maximum Gasteiger partial charge on any atom is 0.249 e. The van der Waals surface area contributed by atoms with E-state index in [-0.39, 0.29) is 12.0 Å². The Labute approximate surface area is 109 Å². The van der Waals surface area contributed by atoms with Crippen LogP contribution in [0.1, 0.15) is 52.4 Å². The lowest BCUT2D eigenvalue weighted by Crippen LogP contribution is -2.48. The lowest BCUT2D eigenvalue weighted by molar-refractivity contribution is -0.132. The van der Waals surface area contributed by atoms with Crippen molar-refractivity contribution in [2.45, 2.75) is 64.1 Å². The summed E-state index contributed by atoms with van der Waals surface area (Å²) >= 11 is 0. The molecule has 1 atom stereocenters. The van der Waals surface area contributed by atoms with Gasteiger partial charge in [0.1, 0.15) is 6.10 Å². The lowest BCUT2D eigenvalue weighted by Gasteiger charge is -2.40. The standard InChI is InChI=1S/C14H25NO3/c1-13(2)5-7-14(17,8-6-13)10-15-12(16)11-4-3-9-18-11/h11,17H,3-10H2,1-2H3,(H,15,16)/t11-/m1/s1. The first-order valence-corrected chi connectivity index (χ1v) is 7.02. The van der Waals surface area contributed by atoms with Gasteiger partial charge in [0.2, 0.25) is 5.91 Å². The van der Waals surface area contributed by atoms with E-state index >= 15 is 0 Å². The molecule has 4 nitrogen and oxygen atoms in total. The highest BCUT2D eigenvalue weighted by molar-refractivity contribution is 5.81. The van der Waals surface area contributed by atoms with E-state index < -0.39 is 5.60 Å². The quantitative estimate of drug-likeness (QED) is 0.805. The minimum absolute atomic E-state index is 0.0641. The summed E-state index contributed by atoms with van der Waals surface area (Å²) in [6.07, 6.45) is 5.03. The highest BCUT2D eigenvalue weighted by Crippen LogP contribution is 2.39. The van der Waals surface area contributed by atoms with Crippen LogP contribution in [0.3, 0.4) is 0 Å². The van der Waals surface area contributed by atoms with E-state index in [1.165, 1.54) is 0 Å². The molecule has 0 aromatic heterocycles. The summed E-state index contributed by atoms with van der Waals surface area (Å²) in [5.74, 6) is -0.0641. The van der Waals surface area contributed by atoms with E-state index in [1.807, 2.05) is 0 Å². The van der Waals surface area contributed by atoms with Crippen LogP contribution >= 0.6 is 0 Å². The molecular formula is C14H25NO3. The second-order valence-corrected chi connectivity index (χ2v) is 6.61. The minimum Gasteiger partial charge on any atom is -0.388 e. The third-order valence-electron chi connectivity index (χ3n) is 4.35. The van der Waals surface area contributed by atoms with Gasteiger partial charge in [-0.05, 0) is 43.9 Å². The van der Waals surface area contributed by atoms with Crippen LogP contribution in [-0.4, -0.2) is 35.9 Å². The van der Waals surface area contributed by atoms with Crippen LogP contribution in [-0.2, 0) is 9.53 Å². The third-order valence-corrected chi connectivity index (χ3v) is 4.35. The normalized spacial score (nSPS) is 30.1. The molecule has 2 fully saturated rings. The van der Waals surface area contributed by atoms with Crippen molar-refractivity contribution >= 4 is 5.91 Å². The van der Waals surface area contributed by atoms with E-state index in [2.05, 4.69) is 19.2 Å². The van der Waals surface area contributed by atoms with Crippen LogP contribution in [0.5, 0.6) is 0 Å². The molecule has 0 unspecified atom stereocenters. The summed E-state index contributed by atoms with van der Waals surface area (Å²) in [7, 11) is 0. The number of hydrogen-bond acceptors (Lipinski definition) is 3. The van der Waals surface area contributed by atoms with Gasteiger partial charge in [0.25, 0.3) is 0 Å². The molecule has 0 bridgehead atoms. The number of nitrogens with one attached hydrogen (secondary N) is 1. The zero-order valence-electron chi connectivity index (χ0n) is 11.5. The van der Waals surface area contributed by atoms with Gasteiger partial charge in [-0.25, -0.2) is 0 Å². The van der Waals surface area contributed by atoms with Crippen molar-refractivity contribution < 1.29 is 14.6 Å². The molecule has 1 aliphatic carbocycles. The molecule has 4 heteroatoms. The summed E-state index contributed by atoms with van der Waals surface area (Å²) in [6, 6.07) is 0. The first kappa shape index (κ1) is 13.8. The van der Waals surface area contributed by atoms with Crippen molar-refractivity contribution in [3.63, 3.8) is 0 Å². The van der Waals surface area contributed by atoms with Crippen molar-refractivity contribution in [3.05, 3.63) is 0 Å². The molecule has 18 heavy (non-hydrogen) atoms. The first-order chi connectivity index (χ1) is 8.40. The zero-order valence-corrected chi connectivity index (χ0v) is 11.5. The summed E-state index contributed by atoms with van der Waals surface area (Å²) in [4.78, 5) is 11.8. The summed E-state index contributed by atoms with van der Waals surface area (Å²) in [5.41, 5.74) is -0.394. The van der Waals surface area contributed by atoms with Crippen LogP contribution < -0.4 is 5.32 Å². The van der Waals surface area contributed by atoms with Crippen molar-refractivity contribution in [3.8, 4) is 0 Å². The van der Waals surface area contributed by atoms with Crippen molar-refractivity contribution in [1.29, 1.82) is 0 Å². The highest BCUT2D eigenvalue weighted by Gasteiger charge is 2.37. The van der Waals surface area contributed by atoms with Crippen molar-refractivity contribution in [1.82, 2.24) is 5.32 Å². The topological polar surface area (TPSA) is 58.6 Å². The fourth-order valence-corrected chi connectivity index (χ4v) is 2.72.